The van der Waals surface area contributed by atoms with Gasteiger partial charge in [-0.3, -0.25) is 0 Å². The molecule has 1 aliphatic heterocycles. The van der Waals surface area contributed by atoms with E-state index >= 15 is 0 Å². The SMILES string of the molecule is CNC1CCN(c2cnc(C#N)cn2)C1. The molecule has 1 unspecified atom stereocenters. The van der Waals surface area contributed by atoms with Crippen LogP contribution in [0.4, 0.5) is 5.82 Å². The number of likely N-dealkylation sites (N-methyl/N-ethyl adjacent to an activating group) is 1. The van der Waals surface area contributed by atoms with Gasteiger partial charge in [-0.1, -0.05) is 0 Å². The Balaban J connectivity index is 2.08. The number of nitrogens with zero attached hydrogens (tertiary/aromatic N) is 4. The van der Waals surface area contributed by atoms with E-state index in [9.17, 15) is 0 Å². The monoisotopic (exact) mass is 203 g/mol. The molecule has 0 amide bonds. The van der Waals surface area contributed by atoms with E-state index in [1.54, 1.807) is 6.20 Å². The molecule has 5 nitrogen and oxygen atoms in total. The zero-order chi connectivity index (χ0) is 10.7. The fraction of sp³-hybridized carbons (Fsp3) is 0.500. The van der Waals surface area contributed by atoms with Gasteiger partial charge in [0.1, 0.15) is 11.9 Å². The minimum absolute atomic E-state index is 0.364. The van der Waals surface area contributed by atoms with Crippen molar-refractivity contribution >= 4 is 5.82 Å². The summed E-state index contributed by atoms with van der Waals surface area (Å²) < 4.78 is 0. The topological polar surface area (TPSA) is 64.8 Å². The minimum atomic E-state index is 0.364. The molecule has 2 rings (SSSR count). The molecule has 0 bridgehead atoms. The molecule has 78 valence electrons. The summed E-state index contributed by atoms with van der Waals surface area (Å²) in [6.07, 6.45) is 4.30. The van der Waals surface area contributed by atoms with Gasteiger partial charge in [-0.15, -0.1) is 0 Å². The first kappa shape index (κ1) is 9.87. The number of hydrogen-bond donors (Lipinski definition) is 1. The molecule has 2 heterocycles. The van der Waals surface area contributed by atoms with Crippen molar-refractivity contribution in [3.63, 3.8) is 0 Å². The number of hydrogen-bond acceptors (Lipinski definition) is 5. The predicted octanol–water partition coefficient (Wildman–Crippen LogP) is 0.146. The molecule has 1 aliphatic rings. The van der Waals surface area contributed by atoms with Crippen molar-refractivity contribution < 1.29 is 0 Å². The van der Waals surface area contributed by atoms with Crippen molar-refractivity contribution in [2.45, 2.75) is 12.5 Å². The Morgan fingerprint density at radius 2 is 2.40 bits per heavy atom. The van der Waals surface area contributed by atoms with Gasteiger partial charge in [0.25, 0.3) is 0 Å². The lowest BCUT2D eigenvalue weighted by atomic mass is 10.3. The van der Waals surface area contributed by atoms with Gasteiger partial charge >= 0.3 is 0 Å². The molecule has 1 aromatic rings. The van der Waals surface area contributed by atoms with Crippen LogP contribution in [0.3, 0.4) is 0 Å². The van der Waals surface area contributed by atoms with E-state index < -0.39 is 0 Å². The first-order valence-corrected chi connectivity index (χ1v) is 4.98. The van der Waals surface area contributed by atoms with Gasteiger partial charge in [0, 0.05) is 19.1 Å². The third-order valence-corrected chi connectivity index (χ3v) is 2.67. The minimum Gasteiger partial charge on any atom is -0.354 e. The second-order valence-corrected chi connectivity index (χ2v) is 3.59. The number of rotatable bonds is 2. The number of nitriles is 1. The van der Waals surface area contributed by atoms with Crippen LogP contribution in [-0.2, 0) is 0 Å². The van der Waals surface area contributed by atoms with E-state index in [1.165, 1.54) is 6.20 Å². The molecular weight excluding hydrogens is 190 g/mol. The van der Waals surface area contributed by atoms with Crippen LogP contribution >= 0.6 is 0 Å². The highest BCUT2D eigenvalue weighted by molar-refractivity contribution is 5.38. The van der Waals surface area contributed by atoms with Crippen molar-refractivity contribution in [3.8, 4) is 6.07 Å². The molecule has 1 N–H and O–H groups in total. The van der Waals surface area contributed by atoms with Crippen molar-refractivity contribution in [3.05, 3.63) is 18.1 Å². The molecule has 0 aromatic carbocycles. The van der Waals surface area contributed by atoms with Crippen molar-refractivity contribution in [2.24, 2.45) is 0 Å². The Hall–Kier alpha value is -1.67. The average Bonchev–Trinajstić information content (AvgIpc) is 2.78. The summed E-state index contributed by atoms with van der Waals surface area (Å²) in [6, 6.07) is 2.49. The fourth-order valence-electron chi connectivity index (χ4n) is 1.75. The number of anilines is 1. The van der Waals surface area contributed by atoms with Gasteiger partial charge in [-0.2, -0.15) is 5.26 Å². The van der Waals surface area contributed by atoms with Crippen LogP contribution in [0.15, 0.2) is 12.4 Å². The van der Waals surface area contributed by atoms with Crippen molar-refractivity contribution in [1.29, 1.82) is 5.26 Å². The van der Waals surface area contributed by atoms with Crippen molar-refractivity contribution in [2.75, 3.05) is 25.0 Å². The highest BCUT2D eigenvalue weighted by Crippen LogP contribution is 2.16. The van der Waals surface area contributed by atoms with Gasteiger partial charge in [0.15, 0.2) is 5.69 Å². The summed E-state index contributed by atoms with van der Waals surface area (Å²) >= 11 is 0. The largest absolute Gasteiger partial charge is 0.354 e. The fourth-order valence-corrected chi connectivity index (χ4v) is 1.75. The summed E-state index contributed by atoms with van der Waals surface area (Å²) in [5.74, 6) is 0.853. The zero-order valence-electron chi connectivity index (χ0n) is 8.64. The number of aromatic nitrogens is 2. The van der Waals surface area contributed by atoms with Gasteiger partial charge in [0.2, 0.25) is 0 Å². The quantitative estimate of drug-likeness (QED) is 0.741. The molecule has 5 heteroatoms. The molecule has 0 aliphatic carbocycles. The lowest BCUT2D eigenvalue weighted by Crippen LogP contribution is -2.29. The van der Waals surface area contributed by atoms with Crippen LogP contribution in [0.5, 0.6) is 0 Å². The molecule has 1 atom stereocenters. The summed E-state index contributed by atoms with van der Waals surface area (Å²) in [6.45, 7) is 1.95. The Morgan fingerprint density at radius 1 is 1.53 bits per heavy atom. The lowest BCUT2D eigenvalue weighted by Gasteiger charge is -2.16. The summed E-state index contributed by atoms with van der Waals surface area (Å²) in [7, 11) is 1.97. The average molecular weight is 203 g/mol. The highest BCUT2D eigenvalue weighted by Gasteiger charge is 2.21. The van der Waals surface area contributed by atoms with E-state index in [0.29, 0.717) is 11.7 Å². The van der Waals surface area contributed by atoms with Gasteiger partial charge in [-0.05, 0) is 13.5 Å². The molecule has 0 radical (unpaired) electrons. The Morgan fingerprint density at radius 3 is 2.93 bits per heavy atom. The van der Waals surface area contributed by atoms with E-state index in [-0.39, 0.29) is 0 Å². The summed E-state index contributed by atoms with van der Waals surface area (Å²) in [5, 5.41) is 11.8. The summed E-state index contributed by atoms with van der Waals surface area (Å²) in [5.41, 5.74) is 0.364. The van der Waals surface area contributed by atoms with Crippen LogP contribution in [0, 0.1) is 11.3 Å². The Bertz CT molecular complexity index is 366. The maximum absolute atomic E-state index is 8.60. The predicted molar refractivity (Wildman–Crippen MR) is 56.4 cm³/mol. The standard InChI is InChI=1S/C10H13N5/c1-12-8-2-3-15(7-8)10-6-13-9(4-11)5-14-10/h5-6,8,12H,2-3,7H2,1H3. The first-order valence-electron chi connectivity index (χ1n) is 4.98. The molecular formula is C10H13N5. The Kier molecular flexibility index (Phi) is 2.79. The van der Waals surface area contributed by atoms with E-state index in [1.807, 2.05) is 13.1 Å². The van der Waals surface area contributed by atoms with Crippen LogP contribution in [0.1, 0.15) is 12.1 Å². The highest BCUT2D eigenvalue weighted by atomic mass is 15.2. The van der Waals surface area contributed by atoms with Crippen LogP contribution < -0.4 is 10.2 Å². The van der Waals surface area contributed by atoms with Crippen LogP contribution in [-0.4, -0.2) is 36.1 Å². The molecule has 1 fully saturated rings. The normalized spacial score (nSPS) is 20.3. The van der Waals surface area contributed by atoms with Crippen LogP contribution in [0.25, 0.3) is 0 Å². The third kappa shape index (κ3) is 2.05. The third-order valence-electron chi connectivity index (χ3n) is 2.67. The smallest absolute Gasteiger partial charge is 0.158 e. The molecule has 1 aromatic heterocycles. The Labute approximate surface area is 88.8 Å². The second-order valence-electron chi connectivity index (χ2n) is 3.59. The van der Waals surface area contributed by atoms with Gasteiger partial charge < -0.3 is 10.2 Å². The van der Waals surface area contributed by atoms with Gasteiger partial charge in [0.05, 0.1) is 12.4 Å². The van der Waals surface area contributed by atoms with E-state index in [0.717, 1.165) is 25.3 Å². The molecule has 15 heavy (non-hydrogen) atoms. The summed E-state index contributed by atoms with van der Waals surface area (Å²) in [4.78, 5) is 10.4. The molecule has 1 saturated heterocycles. The van der Waals surface area contributed by atoms with Crippen molar-refractivity contribution in [1.82, 2.24) is 15.3 Å². The maximum atomic E-state index is 8.60. The van der Waals surface area contributed by atoms with Gasteiger partial charge in [-0.25, -0.2) is 9.97 Å². The molecule has 0 saturated carbocycles. The van der Waals surface area contributed by atoms with E-state index in [2.05, 4.69) is 20.2 Å². The maximum Gasteiger partial charge on any atom is 0.158 e. The van der Waals surface area contributed by atoms with E-state index in [4.69, 9.17) is 5.26 Å². The van der Waals surface area contributed by atoms with Crippen LogP contribution in [0.2, 0.25) is 0 Å². The molecule has 0 spiro atoms. The number of nitrogens with one attached hydrogen (secondary N) is 1. The first-order chi connectivity index (χ1) is 7.33. The second kappa shape index (κ2) is 4.24. The zero-order valence-corrected chi connectivity index (χ0v) is 8.64. The lowest BCUT2D eigenvalue weighted by molar-refractivity contribution is 0.616.